The third-order valence-electron chi connectivity index (χ3n) is 8.62. The van der Waals surface area contributed by atoms with E-state index < -0.39 is 5.82 Å². The zero-order valence-electron chi connectivity index (χ0n) is 25.3. The number of aromatic nitrogens is 4. The van der Waals surface area contributed by atoms with Crippen molar-refractivity contribution in [1.29, 1.82) is 5.26 Å². The van der Waals surface area contributed by atoms with Crippen molar-refractivity contribution in [3.05, 3.63) is 76.5 Å². The highest BCUT2D eigenvalue weighted by Gasteiger charge is 2.27. The molecule has 2 aromatic carbocycles. The van der Waals surface area contributed by atoms with Crippen LogP contribution in [0.15, 0.2) is 42.6 Å². The smallest absolute Gasteiger partial charge is 0.337 e. The monoisotopic (exact) mass is 600 g/mol. The summed E-state index contributed by atoms with van der Waals surface area (Å²) >= 11 is 0. The molecule has 2 saturated heterocycles. The van der Waals surface area contributed by atoms with Crippen LogP contribution >= 0.6 is 0 Å². The molecule has 44 heavy (non-hydrogen) atoms. The number of piperidine rings is 1. The molecule has 0 unspecified atom stereocenters. The number of esters is 1. The van der Waals surface area contributed by atoms with Crippen LogP contribution in [0, 0.1) is 17.1 Å². The van der Waals surface area contributed by atoms with Gasteiger partial charge in [-0.2, -0.15) is 5.26 Å². The molecule has 4 aromatic rings. The Balaban J connectivity index is 1.14. The molecular formula is C33H37FN6O4. The van der Waals surface area contributed by atoms with Crippen LogP contribution in [-0.2, 0) is 29.2 Å². The standard InChI is InChI=1S/C33H37FN6O4/c1-21(2)27-18-40(37-32(27)44-20-24-5-4-22(16-35)14-28(24)34)25-8-11-38(12-9-25)19-31-36-29-7-6-23(33(41)42-3)15-30(29)39(31)17-26-10-13-43-26/h4-7,14-15,18,21,25-26H,8-13,17,19-20H2,1-3H3/t26-/m0/s1. The first-order valence-corrected chi connectivity index (χ1v) is 15.1. The van der Waals surface area contributed by atoms with Gasteiger partial charge in [0.2, 0.25) is 5.88 Å². The van der Waals surface area contributed by atoms with Gasteiger partial charge in [-0.25, -0.2) is 14.2 Å². The van der Waals surface area contributed by atoms with Gasteiger partial charge in [0.1, 0.15) is 18.2 Å². The van der Waals surface area contributed by atoms with Crippen LogP contribution in [0.25, 0.3) is 11.0 Å². The van der Waals surface area contributed by atoms with E-state index in [0.717, 1.165) is 61.4 Å². The first-order valence-electron chi connectivity index (χ1n) is 15.1. The molecule has 2 aliphatic heterocycles. The molecule has 4 heterocycles. The number of methoxy groups -OCH3 is 1. The quantitative estimate of drug-likeness (QED) is 0.224. The summed E-state index contributed by atoms with van der Waals surface area (Å²) in [5, 5.41) is 13.8. The van der Waals surface area contributed by atoms with E-state index in [1.807, 2.05) is 22.9 Å². The first-order chi connectivity index (χ1) is 21.3. The summed E-state index contributed by atoms with van der Waals surface area (Å²) in [6.45, 7) is 8.16. The summed E-state index contributed by atoms with van der Waals surface area (Å²) in [5.74, 6) is 0.848. The zero-order valence-corrected chi connectivity index (χ0v) is 25.3. The van der Waals surface area contributed by atoms with Gasteiger partial charge in [0.15, 0.2) is 0 Å². The Morgan fingerprint density at radius 2 is 1.98 bits per heavy atom. The highest BCUT2D eigenvalue weighted by molar-refractivity contribution is 5.93. The molecule has 0 amide bonds. The lowest BCUT2D eigenvalue weighted by Crippen LogP contribution is -2.36. The molecule has 1 atom stereocenters. The van der Waals surface area contributed by atoms with Crippen LogP contribution in [0.1, 0.15) is 77.9 Å². The highest BCUT2D eigenvalue weighted by atomic mass is 19.1. The van der Waals surface area contributed by atoms with Crippen LogP contribution in [0.4, 0.5) is 4.39 Å². The number of nitrogens with zero attached hydrogens (tertiary/aromatic N) is 6. The maximum Gasteiger partial charge on any atom is 0.337 e. The van der Waals surface area contributed by atoms with E-state index in [9.17, 15) is 9.18 Å². The number of fused-ring (bicyclic) bond motifs is 1. The van der Waals surface area contributed by atoms with E-state index in [1.165, 1.54) is 13.2 Å². The fraction of sp³-hybridized carbons (Fsp3) is 0.455. The number of carbonyl (C=O) groups is 1. The van der Waals surface area contributed by atoms with E-state index in [0.29, 0.717) is 30.1 Å². The Morgan fingerprint density at radius 1 is 1.18 bits per heavy atom. The van der Waals surface area contributed by atoms with E-state index >= 15 is 0 Å². The van der Waals surface area contributed by atoms with Gasteiger partial charge in [-0.3, -0.25) is 9.58 Å². The molecule has 10 nitrogen and oxygen atoms in total. The molecule has 230 valence electrons. The third-order valence-corrected chi connectivity index (χ3v) is 8.62. The molecule has 0 radical (unpaired) electrons. The zero-order chi connectivity index (χ0) is 30.8. The molecule has 11 heteroatoms. The fourth-order valence-electron chi connectivity index (χ4n) is 5.88. The summed E-state index contributed by atoms with van der Waals surface area (Å²) in [5.41, 5.74) is 3.93. The summed E-state index contributed by atoms with van der Waals surface area (Å²) in [6.07, 6.45) is 5.06. The normalized spacial score (nSPS) is 17.5. The van der Waals surface area contributed by atoms with E-state index in [-0.39, 0.29) is 36.2 Å². The number of benzene rings is 2. The average Bonchev–Trinajstić information content (AvgIpc) is 3.59. The molecule has 2 fully saturated rings. The lowest BCUT2D eigenvalue weighted by Gasteiger charge is -2.32. The van der Waals surface area contributed by atoms with Gasteiger partial charge in [-0.1, -0.05) is 19.9 Å². The van der Waals surface area contributed by atoms with Gasteiger partial charge in [-0.05, 0) is 55.5 Å². The largest absolute Gasteiger partial charge is 0.471 e. The van der Waals surface area contributed by atoms with Crippen LogP contribution < -0.4 is 4.74 Å². The van der Waals surface area contributed by atoms with Crippen molar-refractivity contribution in [3.63, 3.8) is 0 Å². The second-order valence-corrected chi connectivity index (χ2v) is 11.9. The molecular weight excluding hydrogens is 563 g/mol. The van der Waals surface area contributed by atoms with Crippen LogP contribution in [-0.4, -0.2) is 63.1 Å². The van der Waals surface area contributed by atoms with E-state index in [4.69, 9.17) is 29.6 Å². The second-order valence-electron chi connectivity index (χ2n) is 11.9. The number of nitriles is 1. The maximum atomic E-state index is 14.4. The predicted molar refractivity (Wildman–Crippen MR) is 161 cm³/mol. The fourth-order valence-corrected chi connectivity index (χ4v) is 5.88. The van der Waals surface area contributed by atoms with Crippen LogP contribution in [0.5, 0.6) is 5.88 Å². The van der Waals surface area contributed by atoms with Crippen LogP contribution in [0.2, 0.25) is 0 Å². The van der Waals surface area contributed by atoms with Crippen molar-refractivity contribution in [1.82, 2.24) is 24.2 Å². The second kappa shape index (κ2) is 12.8. The molecule has 0 bridgehead atoms. The SMILES string of the molecule is COC(=O)c1ccc2nc(CN3CCC(n4cc(C(C)C)c(OCc5ccc(C#N)cc5F)n4)CC3)n(C[C@@H]3CCO3)c2c1. The molecule has 6 rings (SSSR count). The van der Waals surface area contributed by atoms with Crippen molar-refractivity contribution in [2.24, 2.45) is 0 Å². The Bertz CT molecular complexity index is 1690. The maximum absolute atomic E-state index is 14.4. The topological polar surface area (TPSA) is 107 Å². The summed E-state index contributed by atoms with van der Waals surface area (Å²) < 4.78 is 35.3. The molecule has 2 aliphatic rings. The van der Waals surface area contributed by atoms with Gasteiger partial charge in [0.25, 0.3) is 0 Å². The summed E-state index contributed by atoms with van der Waals surface area (Å²) in [4.78, 5) is 19.6. The first kappa shape index (κ1) is 29.8. The summed E-state index contributed by atoms with van der Waals surface area (Å²) in [7, 11) is 1.39. The number of hydrogen-bond acceptors (Lipinski definition) is 8. The number of ether oxygens (including phenoxy) is 3. The number of likely N-dealkylation sites (tertiary alicyclic amines) is 1. The van der Waals surface area contributed by atoms with E-state index in [2.05, 4.69) is 29.5 Å². The average molecular weight is 601 g/mol. The third kappa shape index (κ3) is 6.18. The lowest BCUT2D eigenvalue weighted by atomic mass is 10.0. The van der Waals surface area contributed by atoms with Crippen molar-refractivity contribution in [2.45, 2.75) is 70.9 Å². The Hall–Kier alpha value is -4.27. The Labute approximate surface area is 255 Å². The van der Waals surface area contributed by atoms with Gasteiger partial charge in [-0.15, -0.1) is 5.10 Å². The number of carbonyl (C=O) groups excluding carboxylic acids is 1. The van der Waals surface area contributed by atoms with Crippen molar-refractivity contribution in [2.75, 3.05) is 26.8 Å². The van der Waals surface area contributed by atoms with Crippen molar-refractivity contribution < 1.29 is 23.4 Å². The molecule has 2 aromatic heterocycles. The minimum absolute atomic E-state index is 0.0424. The number of imidazole rings is 1. The number of halogens is 1. The Morgan fingerprint density at radius 3 is 2.64 bits per heavy atom. The number of hydrogen-bond donors (Lipinski definition) is 0. The summed E-state index contributed by atoms with van der Waals surface area (Å²) in [6, 6.07) is 12.1. The van der Waals surface area contributed by atoms with Crippen molar-refractivity contribution in [3.8, 4) is 11.9 Å². The van der Waals surface area contributed by atoms with Crippen LogP contribution in [0.3, 0.4) is 0 Å². The highest BCUT2D eigenvalue weighted by Crippen LogP contribution is 2.31. The van der Waals surface area contributed by atoms with Gasteiger partial charge >= 0.3 is 5.97 Å². The molecule has 0 saturated carbocycles. The molecule has 0 N–H and O–H groups in total. The lowest BCUT2D eigenvalue weighted by molar-refractivity contribution is -0.0592. The predicted octanol–water partition coefficient (Wildman–Crippen LogP) is 5.36. The molecule has 0 spiro atoms. The molecule has 0 aliphatic carbocycles. The number of rotatable bonds is 10. The van der Waals surface area contributed by atoms with Crippen molar-refractivity contribution >= 4 is 17.0 Å². The van der Waals surface area contributed by atoms with E-state index in [1.54, 1.807) is 18.2 Å². The minimum Gasteiger partial charge on any atom is -0.471 e. The minimum atomic E-state index is -0.459. The Kier molecular flexibility index (Phi) is 8.64. The van der Waals surface area contributed by atoms with Gasteiger partial charge < -0.3 is 18.8 Å². The van der Waals surface area contributed by atoms with Gasteiger partial charge in [0.05, 0.1) is 60.6 Å². The van der Waals surface area contributed by atoms with Gasteiger partial charge in [0, 0.05) is 37.0 Å².